The summed E-state index contributed by atoms with van der Waals surface area (Å²) in [6.07, 6.45) is 0. The number of aryl methyl sites for hydroxylation is 1. The molecule has 1 heterocycles. The molecule has 0 aliphatic carbocycles. The monoisotopic (exact) mass is 285 g/mol. The van der Waals surface area contributed by atoms with Crippen LogP contribution < -0.4 is 5.32 Å². The topological polar surface area (TPSA) is 12.0 Å². The Bertz CT molecular complexity index is 522. The first-order valence-electron chi connectivity index (χ1n) is 5.30. The maximum atomic E-state index is 6.05. The Morgan fingerprint density at radius 2 is 1.88 bits per heavy atom. The van der Waals surface area contributed by atoms with Crippen molar-refractivity contribution in [2.24, 2.45) is 0 Å². The molecule has 2 aromatic rings. The molecule has 0 saturated carbocycles. The lowest BCUT2D eigenvalue weighted by atomic mass is 10.1. The average Bonchev–Trinajstić information content (AvgIpc) is 2.71. The zero-order chi connectivity index (χ0) is 12.4. The zero-order valence-electron chi connectivity index (χ0n) is 9.63. The summed E-state index contributed by atoms with van der Waals surface area (Å²) >= 11 is 13.8. The molecule has 0 bridgehead atoms. The van der Waals surface area contributed by atoms with Crippen molar-refractivity contribution in [3.63, 3.8) is 0 Å². The first kappa shape index (κ1) is 12.9. The summed E-state index contributed by atoms with van der Waals surface area (Å²) < 4.78 is 0. The third kappa shape index (κ3) is 2.83. The number of rotatable bonds is 3. The van der Waals surface area contributed by atoms with E-state index in [0.29, 0.717) is 10.0 Å². The Balaban J connectivity index is 2.38. The second kappa shape index (κ2) is 5.40. The van der Waals surface area contributed by atoms with Crippen LogP contribution in [0.25, 0.3) is 0 Å². The fraction of sp³-hybridized carbons (Fsp3) is 0.231. The highest BCUT2D eigenvalue weighted by Crippen LogP contribution is 2.31. The fourth-order valence-corrected chi connectivity index (χ4v) is 3.10. The molecule has 1 nitrogen and oxygen atoms in total. The molecule has 0 radical (unpaired) electrons. The van der Waals surface area contributed by atoms with E-state index < -0.39 is 0 Å². The van der Waals surface area contributed by atoms with E-state index in [-0.39, 0.29) is 6.04 Å². The second-order valence-corrected chi connectivity index (χ2v) is 5.98. The van der Waals surface area contributed by atoms with E-state index in [2.05, 4.69) is 24.4 Å². The van der Waals surface area contributed by atoms with E-state index in [1.165, 1.54) is 9.75 Å². The Kier molecular flexibility index (Phi) is 4.10. The molecule has 0 saturated heterocycles. The summed E-state index contributed by atoms with van der Waals surface area (Å²) in [6.45, 7) is 2.11. The molecule has 90 valence electrons. The minimum atomic E-state index is 0.170. The highest BCUT2D eigenvalue weighted by molar-refractivity contribution is 7.12. The summed E-state index contributed by atoms with van der Waals surface area (Å²) in [6, 6.07) is 10.2. The molecule has 0 spiro atoms. The number of nitrogens with one attached hydrogen (secondary N) is 1. The minimum Gasteiger partial charge on any atom is -0.309 e. The first-order chi connectivity index (χ1) is 8.11. The fourth-order valence-electron chi connectivity index (χ4n) is 1.77. The lowest BCUT2D eigenvalue weighted by Crippen LogP contribution is -2.16. The van der Waals surface area contributed by atoms with Crippen LogP contribution in [0, 0.1) is 6.92 Å². The zero-order valence-corrected chi connectivity index (χ0v) is 12.0. The molecule has 0 fully saturated rings. The number of hydrogen-bond donors (Lipinski definition) is 1. The average molecular weight is 286 g/mol. The van der Waals surface area contributed by atoms with Gasteiger partial charge in [-0.3, -0.25) is 0 Å². The Labute approximate surface area is 115 Å². The van der Waals surface area contributed by atoms with E-state index in [4.69, 9.17) is 23.2 Å². The van der Waals surface area contributed by atoms with Crippen LogP contribution in [0.5, 0.6) is 0 Å². The standard InChI is InChI=1S/C13H13Cl2NS/c1-8-3-6-12(17-8)13(16-2)9-4-5-10(14)11(15)7-9/h3-7,13,16H,1-2H3. The first-order valence-corrected chi connectivity index (χ1v) is 6.87. The molecule has 1 atom stereocenters. The summed E-state index contributed by atoms with van der Waals surface area (Å²) in [7, 11) is 1.95. The van der Waals surface area contributed by atoms with E-state index >= 15 is 0 Å². The molecule has 1 aromatic heterocycles. The minimum absolute atomic E-state index is 0.170. The van der Waals surface area contributed by atoms with Crippen molar-refractivity contribution in [1.82, 2.24) is 5.32 Å². The normalized spacial score (nSPS) is 12.7. The SMILES string of the molecule is CNC(c1ccc(Cl)c(Cl)c1)c1ccc(C)s1. The molecule has 1 unspecified atom stereocenters. The van der Waals surface area contributed by atoms with Gasteiger partial charge in [0, 0.05) is 9.75 Å². The van der Waals surface area contributed by atoms with Crippen LogP contribution in [0.1, 0.15) is 21.4 Å². The maximum absolute atomic E-state index is 6.05. The van der Waals surface area contributed by atoms with Crippen molar-refractivity contribution >= 4 is 34.5 Å². The summed E-state index contributed by atoms with van der Waals surface area (Å²) in [4.78, 5) is 2.59. The smallest absolute Gasteiger partial charge is 0.0669 e. The predicted molar refractivity (Wildman–Crippen MR) is 76.4 cm³/mol. The van der Waals surface area contributed by atoms with Gasteiger partial charge in [-0.1, -0.05) is 29.3 Å². The molecule has 0 aliphatic rings. The van der Waals surface area contributed by atoms with Crippen LogP contribution in [-0.2, 0) is 0 Å². The number of thiophene rings is 1. The van der Waals surface area contributed by atoms with Crippen LogP contribution in [0.4, 0.5) is 0 Å². The Morgan fingerprint density at radius 1 is 1.12 bits per heavy atom. The third-order valence-electron chi connectivity index (χ3n) is 2.61. The van der Waals surface area contributed by atoms with E-state index in [9.17, 15) is 0 Å². The van der Waals surface area contributed by atoms with Gasteiger partial charge in [-0.05, 0) is 43.8 Å². The maximum Gasteiger partial charge on any atom is 0.0669 e. The third-order valence-corrected chi connectivity index (χ3v) is 4.42. The number of benzene rings is 1. The van der Waals surface area contributed by atoms with Gasteiger partial charge in [-0.15, -0.1) is 11.3 Å². The van der Waals surface area contributed by atoms with Crippen molar-refractivity contribution in [3.8, 4) is 0 Å². The second-order valence-electron chi connectivity index (χ2n) is 3.84. The van der Waals surface area contributed by atoms with Crippen LogP contribution in [-0.4, -0.2) is 7.05 Å². The van der Waals surface area contributed by atoms with Crippen molar-refractivity contribution in [1.29, 1.82) is 0 Å². The van der Waals surface area contributed by atoms with Gasteiger partial charge >= 0.3 is 0 Å². The van der Waals surface area contributed by atoms with Crippen molar-refractivity contribution in [2.45, 2.75) is 13.0 Å². The molecule has 0 amide bonds. The molecule has 4 heteroatoms. The van der Waals surface area contributed by atoms with Gasteiger partial charge < -0.3 is 5.32 Å². The molecular weight excluding hydrogens is 273 g/mol. The largest absolute Gasteiger partial charge is 0.309 e. The van der Waals surface area contributed by atoms with E-state index in [0.717, 1.165) is 5.56 Å². The Hall–Kier alpha value is -0.540. The van der Waals surface area contributed by atoms with Crippen LogP contribution in [0.3, 0.4) is 0 Å². The molecule has 1 aromatic carbocycles. The molecule has 2 rings (SSSR count). The van der Waals surface area contributed by atoms with Gasteiger partial charge in [0.05, 0.1) is 16.1 Å². The van der Waals surface area contributed by atoms with E-state index in [1.54, 1.807) is 11.3 Å². The van der Waals surface area contributed by atoms with Gasteiger partial charge in [0.1, 0.15) is 0 Å². The quantitative estimate of drug-likeness (QED) is 0.864. The molecular formula is C13H13Cl2NS. The van der Waals surface area contributed by atoms with Crippen molar-refractivity contribution < 1.29 is 0 Å². The molecule has 0 aliphatic heterocycles. The van der Waals surface area contributed by atoms with Crippen molar-refractivity contribution in [3.05, 3.63) is 55.7 Å². The number of halogens is 2. The highest BCUT2D eigenvalue weighted by Gasteiger charge is 2.14. The van der Waals surface area contributed by atoms with Crippen LogP contribution >= 0.6 is 34.5 Å². The molecule has 1 N–H and O–H groups in total. The summed E-state index contributed by atoms with van der Waals surface area (Å²) in [5.41, 5.74) is 1.13. The van der Waals surface area contributed by atoms with Gasteiger partial charge in [0.15, 0.2) is 0 Å². The van der Waals surface area contributed by atoms with E-state index in [1.807, 2.05) is 25.2 Å². The molecule has 17 heavy (non-hydrogen) atoms. The number of hydrogen-bond acceptors (Lipinski definition) is 2. The van der Waals surface area contributed by atoms with Crippen molar-refractivity contribution in [2.75, 3.05) is 7.05 Å². The lowest BCUT2D eigenvalue weighted by molar-refractivity contribution is 0.704. The van der Waals surface area contributed by atoms with Gasteiger partial charge in [0.25, 0.3) is 0 Å². The highest BCUT2D eigenvalue weighted by atomic mass is 35.5. The Morgan fingerprint density at radius 3 is 2.41 bits per heavy atom. The van der Waals surface area contributed by atoms with Crippen LogP contribution in [0.15, 0.2) is 30.3 Å². The van der Waals surface area contributed by atoms with Gasteiger partial charge in [-0.2, -0.15) is 0 Å². The van der Waals surface area contributed by atoms with Crippen LogP contribution in [0.2, 0.25) is 10.0 Å². The summed E-state index contributed by atoms with van der Waals surface area (Å²) in [5, 5.41) is 4.49. The predicted octanol–water partition coefficient (Wildman–Crippen LogP) is 4.67. The lowest BCUT2D eigenvalue weighted by Gasteiger charge is -2.15. The van der Waals surface area contributed by atoms with Gasteiger partial charge in [-0.25, -0.2) is 0 Å². The van der Waals surface area contributed by atoms with Gasteiger partial charge in [0.2, 0.25) is 0 Å². The summed E-state index contributed by atoms with van der Waals surface area (Å²) in [5.74, 6) is 0.